The Kier molecular flexibility index (Phi) is 2.99. The first-order valence-electron chi connectivity index (χ1n) is 4.40. The minimum absolute atomic E-state index is 0.370. The molecule has 2 rings (SSSR count). The van der Waals surface area contributed by atoms with Crippen LogP contribution in [0.4, 0.5) is 0 Å². The number of carbonyl (C=O) groups is 1. The van der Waals surface area contributed by atoms with E-state index in [2.05, 4.69) is 27.3 Å². The summed E-state index contributed by atoms with van der Waals surface area (Å²) < 4.78 is 16.3. The van der Waals surface area contributed by atoms with Gasteiger partial charge in [-0.3, -0.25) is 0 Å². The third kappa shape index (κ3) is 2.01. The molecule has 0 unspecified atom stereocenters. The second kappa shape index (κ2) is 4.26. The van der Waals surface area contributed by atoms with Gasteiger partial charge in [-0.15, -0.1) is 0 Å². The fraction of sp³-hybridized carbons (Fsp3) is 0.300. The molecule has 0 atom stereocenters. The highest BCUT2D eigenvalue weighted by atomic mass is 127. The third-order valence-electron chi connectivity index (χ3n) is 2.02. The highest BCUT2D eigenvalue weighted by Crippen LogP contribution is 2.36. The van der Waals surface area contributed by atoms with Gasteiger partial charge >= 0.3 is 5.97 Å². The van der Waals surface area contributed by atoms with Crippen molar-refractivity contribution in [2.24, 2.45) is 0 Å². The largest absolute Gasteiger partial charge is 0.486 e. The standard InChI is InChI=1S/C10H9IO4/c1-13-10(12)6-4-7(11)9-8(5-6)14-2-3-15-9/h4-5H,2-3H2,1H3. The fourth-order valence-corrected chi connectivity index (χ4v) is 2.10. The van der Waals surface area contributed by atoms with E-state index in [1.807, 2.05) is 0 Å². The maximum absolute atomic E-state index is 11.3. The van der Waals surface area contributed by atoms with Crippen LogP contribution in [0, 0.1) is 3.57 Å². The van der Waals surface area contributed by atoms with Gasteiger partial charge in [-0.05, 0) is 34.7 Å². The number of halogens is 1. The molecule has 0 N–H and O–H groups in total. The van der Waals surface area contributed by atoms with Gasteiger partial charge in [-0.1, -0.05) is 0 Å². The Morgan fingerprint density at radius 2 is 2.13 bits per heavy atom. The van der Waals surface area contributed by atoms with Crippen molar-refractivity contribution in [2.45, 2.75) is 0 Å². The monoisotopic (exact) mass is 320 g/mol. The highest BCUT2D eigenvalue weighted by Gasteiger charge is 2.18. The van der Waals surface area contributed by atoms with Gasteiger partial charge < -0.3 is 14.2 Å². The van der Waals surface area contributed by atoms with Crippen LogP contribution in [0.15, 0.2) is 12.1 Å². The van der Waals surface area contributed by atoms with Gasteiger partial charge in [-0.25, -0.2) is 4.79 Å². The van der Waals surface area contributed by atoms with E-state index < -0.39 is 0 Å². The van der Waals surface area contributed by atoms with Crippen LogP contribution in [0.25, 0.3) is 0 Å². The van der Waals surface area contributed by atoms with Crippen LogP contribution in [0.1, 0.15) is 10.4 Å². The summed E-state index contributed by atoms with van der Waals surface area (Å²) in [6.07, 6.45) is 0. The maximum Gasteiger partial charge on any atom is 0.338 e. The molecule has 15 heavy (non-hydrogen) atoms. The van der Waals surface area contributed by atoms with Gasteiger partial charge in [-0.2, -0.15) is 0 Å². The van der Waals surface area contributed by atoms with Gasteiger partial charge in [0.2, 0.25) is 0 Å². The lowest BCUT2D eigenvalue weighted by molar-refractivity contribution is 0.0599. The molecule has 0 spiro atoms. The highest BCUT2D eigenvalue weighted by molar-refractivity contribution is 14.1. The van der Waals surface area contributed by atoms with Crippen molar-refractivity contribution in [1.82, 2.24) is 0 Å². The SMILES string of the molecule is COC(=O)c1cc(I)c2c(c1)OCCO2. The lowest BCUT2D eigenvalue weighted by Crippen LogP contribution is -2.17. The molecule has 4 nitrogen and oxygen atoms in total. The summed E-state index contributed by atoms with van der Waals surface area (Å²) in [4.78, 5) is 11.3. The Hall–Kier alpha value is -0.980. The molecule has 0 bridgehead atoms. The van der Waals surface area contributed by atoms with Crippen LogP contribution in [0.2, 0.25) is 0 Å². The molecule has 0 saturated carbocycles. The summed E-state index contributed by atoms with van der Waals surface area (Å²) in [6, 6.07) is 3.36. The van der Waals surface area contributed by atoms with Gasteiger partial charge in [0, 0.05) is 0 Å². The molecule has 0 aromatic heterocycles. The van der Waals surface area contributed by atoms with E-state index in [1.54, 1.807) is 12.1 Å². The minimum Gasteiger partial charge on any atom is -0.486 e. The normalized spacial score (nSPS) is 13.5. The number of carbonyl (C=O) groups excluding carboxylic acids is 1. The van der Waals surface area contributed by atoms with Crippen molar-refractivity contribution < 1.29 is 19.0 Å². The smallest absolute Gasteiger partial charge is 0.338 e. The zero-order valence-electron chi connectivity index (χ0n) is 8.08. The first kappa shape index (κ1) is 10.5. The molecule has 80 valence electrons. The van der Waals surface area contributed by atoms with E-state index in [-0.39, 0.29) is 5.97 Å². The molecule has 0 saturated heterocycles. The molecule has 1 aliphatic heterocycles. The van der Waals surface area contributed by atoms with Crippen molar-refractivity contribution in [3.8, 4) is 11.5 Å². The second-order valence-electron chi connectivity index (χ2n) is 2.97. The first-order valence-corrected chi connectivity index (χ1v) is 5.47. The Labute approximate surface area is 101 Å². The molecular weight excluding hydrogens is 311 g/mol. The first-order chi connectivity index (χ1) is 7.22. The quantitative estimate of drug-likeness (QED) is 0.585. The van der Waals surface area contributed by atoms with E-state index in [1.165, 1.54) is 7.11 Å². The number of esters is 1. The fourth-order valence-electron chi connectivity index (χ4n) is 1.35. The van der Waals surface area contributed by atoms with Crippen molar-refractivity contribution in [3.05, 3.63) is 21.3 Å². The molecule has 0 radical (unpaired) electrons. The van der Waals surface area contributed by atoms with Crippen LogP contribution in [0.3, 0.4) is 0 Å². The summed E-state index contributed by atoms with van der Waals surface area (Å²) >= 11 is 2.11. The Morgan fingerprint density at radius 1 is 1.40 bits per heavy atom. The Morgan fingerprint density at radius 3 is 2.87 bits per heavy atom. The molecule has 1 aromatic rings. The minimum atomic E-state index is -0.370. The number of hydrogen-bond acceptors (Lipinski definition) is 4. The predicted octanol–water partition coefficient (Wildman–Crippen LogP) is 1.85. The second-order valence-corrected chi connectivity index (χ2v) is 4.14. The molecule has 0 aliphatic carbocycles. The number of methoxy groups -OCH3 is 1. The topological polar surface area (TPSA) is 44.8 Å². The number of hydrogen-bond donors (Lipinski definition) is 0. The van der Waals surface area contributed by atoms with Crippen LogP contribution < -0.4 is 9.47 Å². The molecule has 0 fully saturated rings. The summed E-state index contributed by atoms with van der Waals surface area (Å²) in [5.74, 6) is 0.938. The zero-order valence-corrected chi connectivity index (χ0v) is 10.2. The van der Waals surface area contributed by atoms with Crippen molar-refractivity contribution in [2.75, 3.05) is 20.3 Å². The van der Waals surface area contributed by atoms with Gasteiger partial charge in [0.1, 0.15) is 13.2 Å². The number of ether oxygens (including phenoxy) is 3. The van der Waals surface area contributed by atoms with Crippen LogP contribution in [-0.2, 0) is 4.74 Å². The number of rotatable bonds is 1. The summed E-state index contributed by atoms with van der Waals surface area (Å²) in [5, 5.41) is 0. The molecule has 0 amide bonds. The molecule has 1 heterocycles. The molecular formula is C10H9IO4. The average molecular weight is 320 g/mol. The Balaban J connectivity index is 2.45. The molecule has 1 aromatic carbocycles. The van der Waals surface area contributed by atoms with E-state index in [4.69, 9.17) is 9.47 Å². The van der Waals surface area contributed by atoms with E-state index in [0.717, 1.165) is 3.57 Å². The van der Waals surface area contributed by atoms with Crippen molar-refractivity contribution >= 4 is 28.6 Å². The summed E-state index contributed by atoms with van der Waals surface area (Å²) in [6.45, 7) is 1.05. The summed E-state index contributed by atoms with van der Waals surface area (Å²) in [5.41, 5.74) is 0.478. The number of fused-ring (bicyclic) bond motifs is 1. The maximum atomic E-state index is 11.3. The van der Waals surface area contributed by atoms with E-state index in [9.17, 15) is 4.79 Å². The lowest BCUT2D eigenvalue weighted by atomic mass is 10.2. The van der Waals surface area contributed by atoms with Crippen molar-refractivity contribution in [1.29, 1.82) is 0 Å². The van der Waals surface area contributed by atoms with Crippen LogP contribution >= 0.6 is 22.6 Å². The van der Waals surface area contributed by atoms with Crippen molar-refractivity contribution in [3.63, 3.8) is 0 Å². The molecule has 1 aliphatic rings. The lowest BCUT2D eigenvalue weighted by Gasteiger charge is -2.20. The zero-order chi connectivity index (χ0) is 10.8. The predicted molar refractivity (Wildman–Crippen MR) is 61.5 cm³/mol. The third-order valence-corrected chi connectivity index (χ3v) is 2.82. The van der Waals surface area contributed by atoms with Gasteiger partial charge in [0.15, 0.2) is 11.5 Å². The van der Waals surface area contributed by atoms with E-state index in [0.29, 0.717) is 30.3 Å². The average Bonchev–Trinajstić information content (AvgIpc) is 2.28. The number of benzene rings is 1. The molecule has 5 heteroatoms. The van der Waals surface area contributed by atoms with Crippen LogP contribution in [-0.4, -0.2) is 26.3 Å². The Bertz CT molecular complexity index is 403. The van der Waals surface area contributed by atoms with Crippen LogP contribution in [0.5, 0.6) is 11.5 Å². The summed E-state index contributed by atoms with van der Waals surface area (Å²) in [7, 11) is 1.35. The van der Waals surface area contributed by atoms with E-state index >= 15 is 0 Å². The van der Waals surface area contributed by atoms with Gasteiger partial charge in [0.05, 0.1) is 16.2 Å². The van der Waals surface area contributed by atoms with Gasteiger partial charge in [0.25, 0.3) is 0 Å².